The molecule has 68 valence electrons. The lowest BCUT2D eigenvalue weighted by Crippen LogP contribution is -1.81. The highest BCUT2D eigenvalue weighted by atomic mass is 16.5. The van der Waals surface area contributed by atoms with E-state index in [-0.39, 0.29) is 0 Å². The summed E-state index contributed by atoms with van der Waals surface area (Å²) in [7, 11) is 1.62. The van der Waals surface area contributed by atoms with E-state index in [4.69, 9.17) is 4.74 Å². The van der Waals surface area contributed by atoms with Crippen molar-refractivity contribution in [3.8, 4) is 0 Å². The van der Waals surface area contributed by atoms with Gasteiger partial charge >= 0.3 is 0 Å². The summed E-state index contributed by atoms with van der Waals surface area (Å²) < 4.78 is 4.91. The van der Waals surface area contributed by atoms with Gasteiger partial charge in [-0.3, -0.25) is 0 Å². The van der Waals surface area contributed by atoms with Crippen LogP contribution in [0.2, 0.25) is 0 Å². The Morgan fingerprint density at radius 2 is 2.08 bits per heavy atom. The number of hydrogen-bond donors (Lipinski definition) is 0. The fourth-order valence-corrected chi connectivity index (χ4v) is 1.01. The summed E-state index contributed by atoms with van der Waals surface area (Å²) >= 11 is 0. The highest BCUT2D eigenvalue weighted by Gasteiger charge is 1.86. The van der Waals surface area contributed by atoms with Gasteiger partial charge in [0.1, 0.15) is 5.76 Å². The molecule has 1 heteroatoms. The molecule has 0 amide bonds. The largest absolute Gasteiger partial charge is 0.497 e. The summed E-state index contributed by atoms with van der Waals surface area (Å²) in [6.07, 6.45) is 4.84. The van der Waals surface area contributed by atoms with Gasteiger partial charge in [0.25, 0.3) is 0 Å². The summed E-state index contributed by atoms with van der Waals surface area (Å²) in [4.78, 5) is 0. The predicted octanol–water partition coefficient (Wildman–Crippen LogP) is 2.95. The van der Waals surface area contributed by atoms with E-state index >= 15 is 0 Å². The van der Waals surface area contributed by atoms with Crippen LogP contribution < -0.4 is 0 Å². The average molecular weight is 174 g/mol. The molecular formula is C12H14O. The highest BCUT2D eigenvalue weighted by molar-refractivity contribution is 5.19. The van der Waals surface area contributed by atoms with Crippen molar-refractivity contribution < 1.29 is 4.74 Å². The first-order valence-electron chi connectivity index (χ1n) is 4.26. The molecule has 1 rings (SSSR count). The molecule has 0 bridgehead atoms. The van der Waals surface area contributed by atoms with Crippen LogP contribution >= 0.6 is 0 Å². The van der Waals surface area contributed by atoms with E-state index in [2.05, 4.69) is 18.7 Å². The van der Waals surface area contributed by atoms with Crippen LogP contribution in [0, 0.1) is 0 Å². The van der Waals surface area contributed by atoms with Crippen LogP contribution in [0.1, 0.15) is 5.56 Å². The summed E-state index contributed by atoms with van der Waals surface area (Å²) in [6, 6.07) is 10.3. The molecule has 0 heterocycles. The van der Waals surface area contributed by atoms with Crippen LogP contribution in [0.5, 0.6) is 0 Å². The van der Waals surface area contributed by atoms with Crippen molar-refractivity contribution in [1.29, 1.82) is 0 Å². The first kappa shape index (κ1) is 9.59. The third kappa shape index (κ3) is 3.61. The molecule has 0 aliphatic rings. The lowest BCUT2D eigenvalue weighted by atomic mass is 10.1. The Bertz CT molecular complexity index is 285. The molecule has 0 saturated carbocycles. The standard InChI is InChI=1S/C12H14O/c1-11(13-2)7-6-10-12-8-4-3-5-9-12/h3-9H,1,10H2,2H3/b7-6-. The number of allylic oxidation sites excluding steroid dienone is 2. The number of benzene rings is 1. The summed E-state index contributed by atoms with van der Waals surface area (Å²) in [5.41, 5.74) is 1.29. The zero-order chi connectivity index (χ0) is 9.52. The molecule has 0 N–H and O–H groups in total. The zero-order valence-electron chi connectivity index (χ0n) is 7.86. The van der Waals surface area contributed by atoms with Crippen molar-refractivity contribution in [3.05, 3.63) is 60.4 Å². The zero-order valence-corrected chi connectivity index (χ0v) is 7.86. The Kier molecular flexibility index (Phi) is 3.83. The molecular weight excluding hydrogens is 160 g/mol. The van der Waals surface area contributed by atoms with Crippen molar-refractivity contribution >= 4 is 0 Å². The SMILES string of the molecule is C=C(/C=C\Cc1ccccc1)OC. The number of methoxy groups -OCH3 is 1. The normalized spacial score (nSPS) is 10.2. The second-order valence-corrected chi connectivity index (χ2v) is 2.76. The minimum atomic E-state index is 0.691. The van der Waals surface area contributed by atoms with Gasteiger partial charge < -0.3 is 4.74 Å². The van der Waals surface area contributed by atoms with E-state index in [1.807, 2.05) is 30.4 Å². The van der Waals surface area contributed by atoms with Gasteiger partial charge in [0.15, 0.2) is 0 Å². The Hall–Kier alpha value is -1.50. The molecule has 13 heavy (non-hydrogen) atoms. The predicted molar refractivity (Wildman–Crippen MR) is 55.4 cm³/mol. The quantitative estimate of drug-likeness (QED) is 0.503. The average Bonchev–Trinajstić information content (AvgIpc) is 2.19. The molecule has 0 aromatic heterocycles. The lowest BCUT2D eigenvalue weighted by Gasteiger charge is -1.96. The molecule has 0 aliphatic carbocycles. The molecule has 1 nitrogen and oxygen atoms in total. The monoisotopic (exact) mass is 174 g/mol. The fraction of sp³-hybridized carbons (Fsp3) is 0.167. The van der Waals surface area contributed by atoms with Crippen LogP contribution in [-0.4, -0.2) is 7.11 Å². The maximum Gasteiger partial charge on any atom is 0.111 e. The lowest BCUT2D eigenvalue weighted by molar-refractivity contribution is 0.308. The first-order chi connectivity index (χ1) is 6.33. The van der Waals surface area contributed by atoms with Gasteiger partial charge in [-0.2, -0.15) is 0 Å². The Morgan fingerprint density at radius 1 is 1.38 bits per heavy atom. The van der Waals surface area contributed by atoms with E-state index in [1.165, 1.54) is 5.56 Å². The Morgan fingerprint density at radius 3 is 2.69 bits per heavy atom. The van der Waals surface area contributed by atoms with Crippen LogP contribution in [0.3, 0.4) is 0 Å². The molecule has 0 fully saturated rings. The van der Waals surface area contributed by atoms with Gasteiger partial charge in [-0.05, 0) is 18.1 Å². The number of ether oxygens (including phenoxy) is 1. The van der Waals surface area contributed by atoms with Crippen LogP contribution in [0.15, 0.2) is 54.8 Å². The highest BCUT2D eigenvalue weighted by Crippen LogP contribution is 2.01. The van der Waals surface area contributed by atoms with E-state index in [0.717, 1.165) is 6.42 Å². The van der Waals surface area contributed by atoms with Crippen molar-refractivity contribution in [2.45, 2.75) is 6.42 Å². The van der Waals surface area contributed by atoms with Gasteiger partial charge in [-0.25, -0.2) is 0 Å². The van der Waals surface area contributed by atoms with Gasteiger partial charge in [0.2, 0.25) is 0 Å². The van der Waals surface area contributed by atoms with Gasteiger partial charge in [0.05, 0.1) is 7.11 Å². The molecule has 0 atom stereocenters. The summed E-state index contributed by atoms with van der Waals surface area (Å²) in [6.45, 7) is 3.70. The summed E-state index contributed by atoms with van der Waals surface area (Å²) in [5, 5.41) is 0. The Labute approximate surface area is 79.4 Å². The third-order valence-corrected chi connectivity index (χ3v) is 1.76. The number of rotatable bonds is 4. The van der Waals surface area contributed by atoms with Crippen LogP contribution in [-0.2, 0) is 11.2 Å². The fourth-order valence-electron chi connectivity index (χ4n) is 1.01. The molecule has 1 aromatic carbocycles. The van der Waals surface area contributed by atoms with Crippen LogP contribution in [0.25, 0.3) is 0 Å². The minimum absolute atomic E-state index is 0.691. The Balaban J connectivity index is 2.44. The molecule has 0 spiro atoms. The van der Waals surface area contributed by atoms with Gasteiger partial charge in [-0.15, -0.1) is 0 Å². The van der Waals surface area contributed by atoms with Crippen molar-refractivity contribution in [1.82, 2.24) is 0 Å². The second-order valence-electron chi connectivity index (χ2n) is 2.76. The third-order valence-electron chi connectivity index (χ3n) is 1.76. The molecule has 1 aromatic rings. The van der Waals surface area contributed by atoms with Crippen molar-refractivity contribution in [2.75, 3.05) is 7.11 Å². The van der Waals surface area contributed by atoms with E-state index in [1.54, 1.807) is 7.11 Å². The van der Waals surface area contributed by atoms with E-state index in [0.29, 0.717) is 5.76 Å². The molecule has 0 radical (unpaired) electrons. The molecule has 0 aliphatic heterocycles. The maximum atomic E-state index is 4.91. The minimum Gasteiger partial charge on any atom is -0.497 e. The molecule has 0 unspecified atom stereocenters. The summed E-state index contributed by atoms with van der Waals surface area (Å²) in [5.74, 6) is 0.691. The van der Waals surface area contributed by atoms with E-state index in [9.17, 15) is 0 Å². The van der Waals surface area contributed by atoms with Gasteiger partial charge in [-0.1, -0.05) is 43.0 Å². The van der Waals surface area contributed by atoms with Crippen molar-refractivity contribution in [3.63, 3.8) is 0 Å². The smallest absolute Gasteiger partial charge is 0.111 e. The van der Waals surface area contributed by atoms with Crippen LogP contribution in [0.4, 0.5) is 0 Å². The van der Waals surface area contributed by atoms with E-state index < -0.39 is 0 Å². The second kappa shape index (κ2) is 5.20. The maximum absolute atomic E-state index is 4.91. The first-order valence-corrected chi connectivity index (χ1v) is 4.26. The number of hydrogen-bond acceptors (Lipinski definition) is 1. The molecule has 0 saturated heterocycles. The topological polar surface area (TPSA) is 9.23 Å². The van der Waals surface area contributed by atoms with Crippen molar-refractivity contribution in [2.24, 2.45) is 0 Å². The van der Waals surface area contributed by atoms with Gasteiger partial charge in [0, 0.05) is 0 Å².